The minimum absolute atomic E-state index is 0.222. The number of hydroxylamine groups is 1. The van der Waals surface area contributed by atoms with Crippen molar-refractivity contribution in [2.45, 2.75) is 39.7 Å². The van der Waals surface area contributed by atoms with Crippen LogP contribution in [0, 0.1) is 20.8 Å². The second-order valence-corrected chi connectivity index (χ2v) is 4.59. The minimum Gasteiger partial charge on any atom is -0.305 e. The maximum absolute atomic E-state index is 12.7. The molecule has 0 aromatic heterocycles. The van der Waals surface area contributed by atoms with Gasteiger partial charge in [0.1, 0.15) is 6.67 Å². The molecule has 1 atom stereocenters. The predicted octanol–water partition coefficient (Wildman–Crippen LogP) is 3.03. The summed E-state index contributed by atoms with van der Waals surface area (Å²) in [6.45, 7) is 5.92. The van der Waals surface area contributed by atoms with Crippen molar-refractivity contribution < 1.29 is 9.23 Å². The largest absolute Gasteiger partial charge is 0.305 e. The van der Waals surface area contributed by atoms with E-state index in [1.165, 1.54) is 29.4 Å². The molecule has 3 heteroatoms. The van der Waals surface area contributed by atoms with Crippen molar-refractivity contribution in [3.05, 3.63) is 34.4 Å². The van der Waals surface area contributed by atoms with Crippen molar-refractivity contribution >= 4 is 0 Å². The third-order valence-electron chi connectivity index (χ3n) is 3.05. The maximum Gasteiger partial charge on any atom is 0.107 e. The van der Waals surface area contributed by atoms with Crippen LogP contribution in [0.4, 0.5) is 4.39 Å². The van der Waals surface area contributed by atoms with Gasteiger partial charge in [0, 0.05) is 0 Å². The lowest BCUT2D eigenvalue weighted by Crippen LogP contribution is -2.30. The summed E-state index contributed by atoms with van der Waals surface area (Å²) < 4.78 is 12.7. The molecule has 0 aliphatic heterocycles. The standard InChI is InChI=1S/C14H22FNO/c1-10-7-11(2)14(12(3)8-10)6-5-13(9-15)16-17-4/h7-8,13,16H,5-6,9H2,1-4H3. The molecule has 1 N–H and O–H groups in total. The molecule has 0 saturated heterocycles. The number of benzene rings is 1. The highest BCUT2D eigenvalue weighted by atomic mass is 19.1. The van der Waals surface area contributed by atoms with Crippen molar-refractivity contribution in [3.63, 3.8) is 0 Å². The highest BCUT2D eigenvalue weighted by Crippen LogP contribution is 2.18. The molecule has 0 saturated carbocycles. The molecule has 96 valence electrons. The van der Waals surface area contributed by atoms with Crippen LogP contribution < -0.4 is 5.48 Å². The fraction of sp³-hybridized carbons (Fsp3) is 0.571. The molecule has 0 heterocycles. The Morgan fingerprint density at radius 2 is 1.82 bits per heavy atom. The molecule has 1 unspecified atom stereocenters. The molecule has 1 rings (SSSR count). The first-order valence-corrected chi connectivity index (χ1v) is 5.99. The number of halogens is 1. The molecular weight excluding hydrogens is 217 g/mol. The minimum atomic E-state index is -0.405. The predicted molar refractivity (Wildman–Crippen MR) is 68.9 cm³/mol. The number of hydrogen-bond acceptors (Lipinski definition) is 2. The number of nitrogens with one attached hydrogen (secondary N) is 1. The zero-order valence-electron chi connectivity index (χ0n) is 11.1. The topological polar surface area (TPSA) is 21.3 Å². The van der Waals surface area contributed by atoms with Crippen molar-refractivity contribution in [1.29, 1.82) is 0 Å². The number of hydrogen-bond donors (Lipinski definition) is 1. The van der Waals surface area contributed by atoms with E-state index in [9.17, 15) is 4.39 Å². The van der Waals surface area contributed by atoms with Gasteiger partial charge >= 0.3 is 0 Å². The first-order chi connectivity index (χ1) is 8.08. The van der Waals surface area contributed by atoms with Crippen LogP contribution in [-0.4, -0.2) is 19.8 Å². The monoisotopic (exact) mass is 239 g/mol. The molecular formula is C14H22FNO. The van der Waals surface area contributed by atoms with Crippen LogP contribution in [0.15, 0.2) is 12.1 Å². The van der Waals surface area contributed by atoms with E-state index in [4.69, 9.17) is 4.84 Å². The Balaban J connectivity index is 2.68. The van der Waals surface area contributed by atoms with Gasteiger partial charge in [-0.05, 0) is 50.3 Å². The molecule has 0 radical (unpaired) electrons. The molecule has 0 aliphatic carbocycles. The number of aryl methyl sites for hydroxylation is 3. The highest BCUT2D eigenvalue weighted by Gasteiger charge is 2.10. The van der Waals surface area contributed by atoms with E-state index in [0.29, 0.717) is 0 Å². The summed E-state index contributed by atoms with van der Waals surface area (Å²) >= 11 is 0. The van der Waals surface area contributed by atoms with E-state index in [0.717, 1.165) is 12.8 Å². The molecule has 0 fully saturated rings. The molecule has 0 aliphatic rings. The summed E-state index contributed by atoms with van der Waals surface area (Å²) in [7, 11) is 1.52. The fourth-order valence-electron chi connectivity index (χ4n) is 2.26. The Bertz CT molecular complexity index is 342. The molecule has 1 aromatic rings. The summed E-state index contributed by atoms with van der Waals surface area (Å²) in [5.74, 6) is 0. The Labute approximate surface area is 103 Å². The first kappa shape index (κ1) is 14.1. The van der Waals surface area contributed by atoms with E-state index in [2.05, 4.69) is 38.4 Å². The Morgan fingerprint density at radius 1 is 1.24 bits per heavy atom. The van der Waals surface area contributed by atoms with Gasteiger partial charge in [-0.2, -0.15) is 5.48 Å². The molecule has 0 spiro atoms. The van der Waals surface area contributed by atoms with Gasteiger partial charge in [-0.15, -0.1) is 0 Å². The lowest BCUT2D eigenvalue weighted by Gasteiger charge is -2.16. The van der Waals surface area contributed by atoms with Crippen LogP contribution in [0.3, 0.4) is 0 Å². The SMILES string of the molecule is CONC(CF)CCc1c(C)cc(C)cc1C. The van der Waals surface area contributed by atoms with Crippen LogP contribution in [-0.2, 0) is 11.3 Å². The molecule has 2 nitrogen and oxygen atoms in total. The summed E-state index contributed by atoms with van der Waals surface area (Å²) in [6, 6.07) is 4.13. The second-order valence-electron chi connectivity index (χ2n) is 4.59. The molecule has 17 heavy (non-hydrogen) atoms. The smallest absolute Gasteiger partial charge is 0.107 e. The van der Waals surface area contributed by atoms with Gasteiger partial charge < -0.3 is 4.84 Å². The van der Waals surface area contributed by atoms with Gasteiger partial charge in [-0.1, -0.05) is 17.7 Å². The zero-order chi connectivity index (χ0) is 12.8. The summed E-state index contributed by atoms with van der Waals surface area (Å²) in [6.07, 6.45) is 1.62. The third kappa shape index (κ3) is 4.10. The van der Waals surface area contributed by atoms with Gasteiger partial charge in [0.05, 0.1) is 13.2 Å². The number of rotatable bonds is 6. The van der Waals surface area contributed by atoms with Crippen LogP contribution in [0.5, 0.6) is 0 Å². The van der Waals surface area contributed by atoms with Crippen molar-refractivity contribution in [2.75, 3.05) is 13.8 Å². The third-order valence-corrected chi connectivity index (χ3v) is 3.05. The zero-order valence-corrected chi connectivity index (χ0v) is 11.1. The first-order valence-electron chi connectivity index (χ1n) is 5.99. The van der Waals surface area contributed by atoms with E-state index in [-0.39, 0.29) is 6.04 Å². The fourth-order valence-corrected chi connectivity index (χ4v) is 2.26. The second kappa shape index (κ2) is 6.72. The van der Waals surface area contributed by atoms with Gasteiger partial charge in [0.15, 0.2) is 0 Å². The van der Waals surface area contributed by atoms with E-state index >= 15 is 0 Å². The maximum atomic E-state index is 12.7. The lowest BCUT2D eigenvalue weighted by atomic mass is 9.95. The Hall–Kier alpha value is -0.930. The van der Waals surface area contributed by atoms with Crippen molar-refractivity contribution in [2.24, 2.45) is 0 Å². The van der Waals surface area contributed by atoms with E-state index in [1.54, 1.807) is 0 Å². The van der Waals surface area contributed by atoms with E-state index < -0.39 is 6.67 Å². The molecule has 0 bridgehead atoms. The van der Waals surface area contributed by atoms with Gasteiger partial charge in [0.25, 0.3) is 0 Å². The van der Waals surface area contributed by atoms with Gasteiger partial charge in [-0.25, -0.2) is 4.39 Å². The average molecular weight is 239 g/mol. The quantitative estimate of drug-likeness (QED) is 0.770. The van der Waals surface area contributed by atoms with Gasteiger partial charge in [0.2, 0.25) is 0 Å². The van der Waals surface area contributed by atoms with Crippen LogP contribution in [0.1, 0.15) is 28.7 Å². The Morgan fingerprint density at radius 3 is 2.29 bits per heavy atom. The lowest BCUT2D eigenvalue weighted by molar-refractivity contribution is 0.0499. The normalized spacial score (nSPS) is 12.8. The molecule has 0 amide bonds. The summed E-state index contributed by atoms with van der Waals surface area (Å²) in [5.41, 5.74) is 7.86. The summed E-state index contributed by atoms with van der Waals surface area (Å²) in [5, 5.41) is 0. The van der Waals surface area contributed by atoms with Crippen LogP contribution in [0.2, 0.25) is 0 Å². The van der Waals surface area contributed by atoms with Gasteiger partial charge in [-0.3, -0.25) is 0 Å². The van der Waals surface area contributed by atoms with Crippen LogP contribution in [0.25, 0.3) is 0 Å². The van der Waals surface area contributed by atoms with Crippen molar-refractivity contribution in [1.82, 2.24) is 5.48 Å². The number of alkyl halides is 1. The van der Waals surface area contributed by atoms with Crippen LogP contribution >= 0.6 is 0 Å². The highest BCUT2D eigenvalue weighted by molar-refractivity contribution is 5.37. The van der Waals surface area contributed by atoms with E-state index in [1.807, 2.05) is 0 Å². The molecule has 1 aromatic carbocycles. The average Bonchev–Trinajstić information content (AvgIpc) is 2.26. The Kier molecular flexibility index (Phi) is 5.59. The summed E-state index contributed by atoms with van der Waals surface area (Å²) in [4.78, 5) is 4.77. The van der Waals surface area contributed by atoms with Crippen molar-refractivity contribution in [3.8, 4) is 0 Å².